The number of rotatable bonds is 2. The number of furan rings is 1. The van der Waals surface area contributed by atoms with Crippen LogP contribution >= 0.6 is 11.5 Å². The Labute approximate surface area is 92.5 Å². The highest BCUT2D eigenvalue weighted by molar-refractivity contribution is 7.09. The van der Waals surface area contributed by atoms with Gasteiger partial charge in [-0.1, -0.05) is 0 Å². The van der Waals surface area contributed by atoms with Gasteiger partial charge in [0.25, 0.3) is 0 Å². The summed E-state index contributed by atoms with van der Waals surface area (Å²) in [4.78, 5) is 4.34. The maximum atomic E-state index is 5.22. The number of anilines is 1. The fourth-order valence-electron chi connectivity index (χ4n) is 1.10. The summed E-state index contributed by atoms with van der Waals surface area (Å²) in [6.45, 7) is 6.25. The highest BCUT2D eigenvalue weighted by Crippen LogP contribution is 2.23. The van der Waals surface area contributed by atoms with Gasteiger partial charge in [0.2, 0.25) is 11.0 Å². The van der Waals surface area contributed by atoms with E-state index in [1.165, 1.54) is 11.5 Å². The summed E-state index contributed by atoms with van der Waals surface area (Å²) in [5.74, 6) is 1.34. The Kier molecular flexibility index (Phi) is 2.48. The fourth-order valence-corrected chi connectivity index (χ4v) is 1.88. The van der Waals surface area contributed by atoms with Crippen LogP contribution < -0.4 is 5.32 Å². The van der Waals surface area contributed by atoms with Gasteiger partial charge in [0.15, 0.2) is 5.76 Å². The van der Waals surface area contributed by atoms with Crippen molar-refractivity contribution in [1.82, 2.24) is 9.36 Å². The van der Waals surface area contributed by atoms with Crippen LogP contribution in [-0.2, 0) is 0 Å². The average Bonchev–Trinajstić information content (AvgIpc) is 2.68. The molecule has 0 aliphatic heterocycles. The molecule has 0 atom stereocenters. The van der Waals surface area contributed by atoms with Crippen molar-refractivity contribution >= 4 is 16.7 Å². The van der Waals surface area contributed by atoms with Gasteiger partial charge in [0, 0.05) is 17.1 Å². The minimum absolute atomic E-state index is 0.0000324. The Bertz CT molecular complexity index is 428. The van der Waals surface area contributed by atoms with Crippen molar-refractivity contribution in [2.45, 2.75) is 26.3 Å². The van der Waals surface area contributed by atoms with E-state index < -0.39 is 0 Å². The molecule has 2 rings (SSSR count). The number of nitrogens with zero attached hydrogens (tertiary/aromatic N) is 2. The molecule has 80 valence electrons. The highest BCUT2D eigenvalue weighted by atomic mass is 32.1. The van der Waals surface area contributed by atoms with Crippen LogP contribution in [0.2, 0.25) is 0 Å². The monoisotopic (exact) mass is 223 g/mol. The number of aromatic nitrogens is 2. The third-order valence-electron chi connectivity index (χ3n) is 1.65. The first-order chi connectivity index (χ1) is 7.04. The van der Waals surface area contributed by atoms with Gasteiger partial charge in [-0.2, -0.15) is 9.36 Å². The van der Waals surface area contributed by atoms with Crippen LogP contribution in [0.4, 0.5) is 5.13 Å². The molecule has 4 nitrogen and oxygen atoms in total. The average molecular weight is 223 g/mol. The summed E-state index contributed by atoms with van der Waals surface area (Å²) in [6.07, 6.45) is 1.62. The third kappa shape index (κ3) is 2.56. The molecule has 0 saturated heterocycles. The number of hydrogen-bond donors (Lipinski definition) is 1. The summed E-state index contributed by atoms with van der Waals surface area (Å²) in [5, 5.41) is 4.08. The Morgan fingerprint density at radius 3 is 2.80 bits per heavy atom. The SMILES string of the molecule is CC(C)(C)Nc1nc(-c2ccco2)ns1. The van der Waals surface area contributed by atoms with E-state index in [0.29, 0.717) is 11.6 Å². The van der Waals surface area contributed by atoms with E-state index in [1.54, 1.807) is 6.26 Å². The van der Waals surface area contributed by atoms with Crippen LogP contribution in [0, 0.1) is 0 Å². The van der Waals surface area contributed by atoms with E-state index in [0.717, 1.165) is 5.13 Å². The summed E-state index contributed by atoms with van der Waals surface area (Å²) < 4.78 is 9.43. The summed E-state index contributed by atoms with van der Waals surface area (Å²) >= 11 is 1.34. The zero-order chi connectivity index (χ0) is 10.9. The molecular weight excluding hydrogens is 210 g/mol. The van der Waals surface area contributed by atoms with E-state index in [1.807, 2.05) is 12.1 Å². The van der Waals surface area contributed by atoms with E-state index in [9.17, 15) is 0 Å². The molecule has 2 aromatic heterocycles. The van der Waals surface area contributed by atoms with Gasteiger partial charge in [-0.3, -0.25) is 0 Å². The van der Waals surface area contributed by atoms with Crippen LogP contribution in [0.5, 0.6) is 0 Å². The molecule has 0 fully saturated rings. The third-order valence-corrected chi connectivity index (χ3v) is 2.28. The largest absolute Gasteiger partial charge is 0.461 e. The Balaban J connectivity index is 2.18. The zero-order valence-corrected chi connectivity index (χ0v) is 9.76. The molecule has 2 aromatic rings. The van der Waals surface area contributed by atoms with Crippen molar-refractivity contribution in [1.29, 1.82) is 0 Å². The second-order valence-corrected chi connectivity index (χ2v) is 5.03. The molecule has 0 amide bonds. The highest BCUT2D eigenvalue weighted by Gasteiger charge is 2.14. The van der Waals surface area contributed by atoms with Crippen LogP contribution in [0.25, 0.3) is 11.6 Å². The van der Waals surface area contributed by atoms with Crippen molar-refractivity contribution in [3.63, 3.8) is 0 Å². The zero-order valence-electron chi connectivity index (χ0n) is 8.94. The minimum Gasteiger partial charge on any atom is -0.461 e. The van der Waals surface area contributed by atoms with Crippen molar-refractivity contribution in [3.05, 3.63) is 18.4 Å². The Morgan fingerprint density at radius 2 is 2.20 bits per heavy atom. The van der Waals surface area contributed by atoms with Gasteiger partial charge < -0.3 is 9.73 Å². The summed E-state index contributed by atoms with van der Waals surface area (Å²) in [7, 11) is 0. The van der Waals surface area contributed by atoms with Crippen molar-refractivity contribution in [2.24, 2.45) is 0 Å². The van der Waals surface area contributed by atoms with Crippen molar-refractivity contribution in [2.75, 3.05) is 5.32 Å². The molecule has 0 aromatic carbocycles. The lowest BCUT2D eigenvalue weighted by Crippen LogP contribution is -2.25. The molecular formula is C10H13N3OS. The number of nitrogens with one attached hydrogen (secondary N) is 1. The Hall–Kier alpha value is -1.36. The van der Waals surface area contributed by atoms with E-state index >= 15 is 0 Å². The van der Waals surface area contributed by atoms with Gasteiger partial charge in [0.1, 0.15) is 0 Å². The molecule has 15 heavy (non-hydrogen) atoms. The van der Waals surface area contributed by atoms with Gasteiger partial charge in [-0.15, -0.1) is 0 Å². The second kappa shape index (κ2) is 3.66. The van der Waals surface area contributed by atoms with Crippen LogP contribution in [-0.4, -0.2) is 14.9 Å². The lowest BCUT2D eigenvalue weighted by atomic mass is 10.1. The van der Waals surface area contributed by atoms with Gasteiger partial charge in [-0.25, -0.2) is 0 Å². The molecule has 0 bridgehead atoms. The van der Waals surface area contributed by atoms with Gasteiger partial charge in [0.05, 0.1) is 6.26 Å². The van der Waals surface area contributed by atoms with Crippen LogP contribution in [0.1, 0.15) is 20.8 Å². The molecule has 0 spiro atoms. The topological polar surface area (TPSA) is 51.0 Å². The molecule has 1 N–H and O–H groups in total. The fraction of sp³-hybridized carbons (Fsp3) is 0.400. The second-order valence-electron chi connectivity index (χ2n) is 4.28. The van der Waals surface area contributed by atoms with Gasteiger partial charge in [-0.05, 0) is 32.9 Å². The first-order valence-corrected chi connectivity index (χ1v) is 5.48. The molecule has 0 aliphatic carbocycles. The van der Waals surface area contributed by atoms with Crippen LogP contribution in [0.3, 0.4) is 0 Å². The first kappa shape index (κ1) is 10.2. The minimum atomic E-state index is -0.0000324. The normalized spacial score (nSPS) is 11.7. The van der Waals surface area contributed by atoms with E-state index in [-0.39, 0.29) is 5.54 Å². The molecule has 0 radical (unpaired) electrons. The predicted octanol–water partition coefficient (Wildman–Crippen LogP) is 3.01. The smallest absolute Gasteiger partial charge is 0.210 e. The van der Waals surface area contributed by atoms with Crippen molar-refractivity contribution in [3.8, 4) is 11.6 Å². The maximum absolute atomic E-state index is 5.22. The van der Waals surface area contributed by atoms with Crippen molar-refractivity contribution < 1.29 is 4.42 Å². The molecule has 5 heteroatoms. The molecule has 0 aliphatic rings. The molecule has 0 saturated carbocycles. The maximum Gasteiger partial charge on any atom is 0.210 e. The van der Waals surface area contributed by atoms with E-state index in [4.69, 9.17) is 4.42 Å². The predicted molar refractivity (Wildman–Crippen MR) is 61.0 cm³/mol. The molecule has 2 heterocycles. The summed E-state index contributed by atoms with van der Waals surface area (Å²) in [5.41, 5.74) is -0.0000324. The lowest BCUT2D eigenvalue weighted by molar-refractivity contribution is 0.578. The first-order valence-electron chi connectivity index (χ1n) is 4.70. The summed E-state index contributed by atoms with van der Waals surface area (Å²) in [6, 6.07) is 3.68. The van der Waals surface area contributed by atoms with E-state index in [2.05, 4.69) is 35.4 Å². The standard InChI is InChI=1S/C10H13N3OS/c1-10(2,3)12-9-11-8(13-15-9)7-5-4-6-14-7/h4-6H,1-3H3,(H,11,12,13). The molecule has 0 unspecified atom stereocenters. The lowest BCUT2D eigenvalue weighted by Gasteiger charge is -2.18. The van der Waals surface area contributed by atoms with Gasteiger partial charge >= 0.3 is 0 Å². The number of hydrogen-bond acceptors (Lipinski definition) is 5. The Morgan fingerprint density at radius 1 is 1.40 bits per heavy atom. The van der Waals surface area contributed by atoms with Crippen LogP contribution in [0.15, 0.2) is 22.8 Å². The quantitative estimate of drug-likeness (QED) is 0.850.